The minimum Gasteiger partial charge on any atom is -0.348 e. The summed E-state index contributed by atoms with van der Waals surface area (Å²) in [6.07, 6.45) is 0. The first-order valence-electron chi connectivity index (χ1n) is 1.18. The lowest BCUT2D eigenvalue weighted by molar-refractivity contribution is 0.227. The number of alkyl halides is 3. The van der Waals surface area contributed by atoms with Crippen molar-refractivity contribution < 1.29 is 4.74 Å². The molecule has 0 atom stereocenters. The fourth-order valence-electron chi connectivity index (χ4n) is 0. The van der Waals surface area contributed by atoms with Crippen LogP contribution in [-0.4, -0.2) is 9.44 Å². The standard InChI is InChI=1S/C2H3Br3O/c1-6-2(3,4)5/h1H3. The molecule has 0 saturated heterocycles. The molecule has 6 heavy (non-hydrogen) atoms. The van der Waals surface area contributed by atoms with Crippen molar-refractivity contribution in [3.8, 4) is 0 Å². The molecule has 0 aromatic heterocycles. The predicted octanol–water partition coefficient (Wildman–Crippen LogP) is 2.43. The summed E-state index contributed by atoms with van der Waals surface area (Å²) < 4.78 is 4.17. The Labute approximate surface area is 61.8 Å². The van der Waals surface area contributed by atoms with E-state index < -0.39 is 2.33 Å². The van der Waals surface area contributed by atoms with Gasteiger partial charge in [-0.2, -0.15) is 0 Å². The van der Waals surface area contributed by atoms with Crippen molar-refractivity contribution in [2.75, 3.05) is 7.11 Å². The third-order valence-electron chi connectivity index (χ3n) is 0.231. The Kier molecular flexibility index (Phi) is 3.26. The van der Waals surface area contributed by atoms with E-state index in [0.29, 0.717) is 0 Å². The van der Waals surface area contributed by atoms with Crippen LogP contribution in [0, 0.1) is 0 Å². The van der Waals surface area contributed by atoms with Gasteiger partial charge in [0.15, 0.2) is 0 Å². The topological polar surface area (TPSA) is 9.23 Å². The van der Waals surface area contributed by atoms with Crippen LogP contribution in [0.3, 0.4) is 0 Å². The summed E-state index contributed by atoms with van der Waals surface area (Å²) in [7, 11) is 1.57. The van der Waals surface area contributed by atoms with Crippen molar-refractivity contribution in [2.45, 2.75) is 2.33 Å². The molecule has 0 aromatic rings. The van der Waals surface area contributed by atoms with E-state index in [9.17, 15) is 0 Å². The Morgan fingerprint density at radius 1 is 1.33 bits per heavy atom. The van der Waals surface area contributed by atoms with Crippen molar-refractivity contribution in [3.63, 3.8) is 0 Å². The highest BCUT2D eigenvalue weighted by molar-refractivity contribution is 9.39. The average molecular weight is 283 g/mol. The summed E-state index contributed by atoms with van der Waals surface area (Å²) in [5, 5.41) is 0. The van der Waals surface area contributed by atoms with Gasteiger partial charge in [-0.3, -0.25) is 0 Å². The molecule has 0 amide bonds. The summed E-state index contributed by atoms with van der Waals surface area (Å²) in [6.45, 7) is 0. The molecule has 0 N–H and O–H groups in total. The summed E-state index contributed by atoms with van der Waals surface area (Å²) >= 11 is 9.27. The van der Waals surface area contributed by atoms with Crippen LogP contribution in [-0.2, 0) is 4.74 Å². The van der Waals surface area contributed by atoms with Crippen molar-refractivity contribution in [1.82, 2.24) is 0 Å². The molecular formula is C2H3Br3O. The zero-order valence-electron chi connectivity index (χ0n) is 3.04. The molecule has 4 heteroatoms. The van der Waals surface area contributed by atoms with Gasteiger partial charge in [0.2, 0.25) is 2.33 Å². The highest BCUT2D eigenvalue weighted by Gasteiger charge is 2.13. The predicted molar refractivity (Wildman–Crippen MR) is 36.5 cm³/mol. The highest BCUT2D eigenvalue weighted by atomic mass is 80.0. The minimum atomic E-state index is -0.521. The van der Waals surface area contributed by atoms with Crippen molar-refractivity contribution in [3.05, 3.63) is 0 Å². The summed E-state index contributed by atoms with van der Waals surface area (Å²) in [5.74, 6) is 0. The maximum absolute atomic E-state index is 4.69. The zero-order chi connectivity index (χ0) is 5.21. The molecule has 0 radical (unpaired) electrons. The molecule has 0 rings (SSSR count). The summed E-state index contributed by atoms with van der Waals surface area (Å²) in [6, 6.07) is 0. The maximum atomic E-state index is 4.69. The third-order valence-corrected chi connectivity index (χ3v) is 1.20. The van der Waals surface area contributed by atoms with Gasteiger partial charge in [-0.15, -0.1) is 0 Å². The first kappa shape index (κ1) is 7.40. The summed E-state index contributed by atoms with van der Waals surface area (Å²) in [5.41, 5.74) is 0. The van der Waals surface area contributed by atoms with Gasteiger partial charge in [0, 0.05) is 7.11 Å². The Morgan fingerprint density at radius 3 is 1.50 bits per heavy atom. The van der Waals surface area contributed by atoms with E-state index in [4.69, 9.17) is 0 Å². The number of rotatable bonds is 0. The van der Waals surface area contributed by atoms with Crippen LogP contribution in [0.5, 0.6) is 0 Å². The quantitative estimate of drug-likeness (QED) is 0.620. The van der Waals surface area contributed by atoms with E-state index in [1.165, 1.54) is 0 Å². The molecule has 0 bridgehead atoms. The number of hydrogen-bond donors (Lipinski definition) is 0. The third kappa shape index (κ3) is 5.40. The van der Waals surface area contributed by atoms with E-state index in [0.717, 1.165) is 0 Å². The van der Waals surface area contributed by atoms with Gasteiger partial charge >= 0.3 is 0 Å². The van der Waals surface area contributed by atoms with E-state index in [-0.39, 0.29) is 0 Å². The van der Waals surface area contributed by atoms with Gasteiger partial charge in [0.1, 0.15) is 0 Å². The second kappa shape index (κ2) is 2.64. The lowest BCUT2D eigenvalue weighted by Gasteiger charge is -2.06. The monoisotopic (exact) mass is 280 g/mol. The molecule has 0 saturated carbocycles. The average Bonchev–Trinajstić information content (AvgIpc) is 1.35. The smallest absolute Gasteiger partial charge is 0.233 e. The van der Waals surface area contributed by atoms with Gasteiger partial charge in [-0.05, 0) is 47.8 Å². The molecule has 0 aliphatic heterocycles. The fraction of sp³-hybridized carbons (Fsp3) is 1.00. The van der Waals surface area contributed by atoms with Crippen molar-refractivity contribution in [2.24, 2.45) is 0 Å². The first-order valence-corrected chi connectivity index (χ1v) is 3.56. The lowest BCUT2D eigenvalue weighted by Crippen LogP contribution is -1.99. The van der Waals surface area contributed by atoms with Crippen LogP contribution in [0.4, 0.5) is 0 Å². The Hall–Kier alpha value is 1.40. The van der Waals surface area contributed by atoms with E-state index in [1.807, 2.05) is 0 Å². The lowest BCUT2D eigenvalue weighted by atomic mass is 11.5. The van der Waals surface area contributed by atoms with Crippen LogP contribution in [0.15, 0.2) is 0 Å². The summed E-state index contributed by atoms with van der Waals surface area (Å²) in [4.78, 5) is 0. The van der Waals surface area contributed by atoms with E-state index in [2.05, 4.69) is 52.5 Å². The second-order valence-electron chi connectivity index (χ2n) is 0.650. The molecular weight excluding hydrogens is 280 g/mol. The van der Waals surface area contributed by atoms with E-state index in [1.54, 1.807) is 7.11 Å². The largest absolute Gasteiger partial charge is 0.348 e. The van der Waals surface area contributed by atoms with Crippen LogP contribution in [0.2, 0.25) is 0 Å². The van der Waals surface area contributed by atoms with Crippen LogP contribution < -0.4 is 0 Å². The number of methoxy groups -OCH3 is 1. The fourth-order valence-corrected chi connectivity index (χ4v) is 0. The number of hydrogen-bond acceptors (Lipinski definition) is 1. The Morgan fingerprint density at radius 2 is 1.50 bits per heavy atom. The molecule has 0 unspecified atom stereocenters. The zero-order valence-corrected chi connectivity index (χ0v) is 7.80. The number of halogens is 3. The molecule has 0 fully saturated rings. The highest BCUT2D eigenvalue weighted by Crippen LogP contribution is 2.33. The SMILES string of the molecule is COC(Br)(Br)Br. The van der Waals surface area contributed by atoms with Crippen LogP contribution >= 0.6 is 47.8 Å². The van der Waals surface area contributed by atoms with Gasteiger partial charge in [0.05, 0.1) is 0 Å². The second-order valence-corrected chi connectivity index (χ2v) is 7.19. The molecule has 1 nitrogen and oxygen atoms in total. The van der Waals surface area contributed by atoms with Gasteiger partial charge in [-0.25, -0.2) is 0 Å². The van der Waals surface area contributed by atoms with Crippen molar-refractivity contribution in [1.29, 1.82) is 0 Å². The van der Waals surface area contributed by atoms with Gasteiger partial charge < -0.3 is 4.74 Å². The van der Waals surface area contributed by atoms with Gasteiger partial charge in [0.25, 0.3) is 0 Å². The molecule has 38 valence electrons. The molecule has 0 aliphatic rings. The minimum absolute atomic E-state index is 0.521. The van der Waals surface area contributed by atoms with Crippen LogP contribution in [0.25, 0.3) is 0 Å². The molecule has 0 heterocycles. The number of ether oxygens (including phenoxy) is 1. The van der Waals surface area contributed by atoms with E-state index >= 15 is 0 Å². The molecule has 0 aromatic carbocycles. The van der Waals surface area contributed by atoms with Crippen LogP contribution in [0.1, 0.15) is 0 Å². The van der Waals surface area contributed by atoms with Gasteiger partial charge in [-0.1, -0.05) is 0 Å². The molecule has 0 aliphatic carbocycles. The van der Waals surface area contributed by atoms with Crippen molar-refractivity contribution >= 4 is 47.8 Å². The first-order chi connectivity index (χ1) is 2.56. The normalized spacial score (nSPS) is 12.0. The Bertz CT molecular complexity index is 38.5. The maximum Gasteiger partial charge on any atom is 0.233 e. The molecule has 0 spiro atoms. The Balaban J connectivity index is 3.17.